The van der Waals surface area contributed by atoms with Crippen LogP contribution in [0.3, 0.4) is 0 Å². The first kappa shape index (κ1) is 13.3. The van der Waals surface area contributed by atoms with Crippen LogP contribution in [-0.4, -0.2) is 0 Å². The molecule has 18 heavy (non-hydrogen) atoms. The van der Waals surface area contributed by atoms with Crippen LogP contribution in [-0.2, 0) is 6.42 Å². The fourth-order valence-corrected chi connectivity index (χ4v) is 2.49. The number of nitrogens with one attached hydrogen (secondary N) is 1. The number of hydrazine groups is 1. The maximum atomic E-state index is 5.71. The van der Waals surface area contributed by atoms with E-state index in [1.54, 1.807) is 0 Å². The van der Waals surface area contributed by atoms with Crippen molar-refractivity contribution in [1.29, 1.82) is 0 Å². The highest BCUT2D eigenvalue weighted by Gasteiger charge is 2.13. The Balaban J connectivity index is 2.26. The van der Waals surface area contributed by atoms with Crippen molar-refractivity contribution in [2.24, 2.45) is 5.84 Å². The first-order valence-corrected chi connectivity index (χ1v) is 6.76. The molecule has 0 aliphatic heterocycles. The van der Waals surface area contributed by atoms with E-state index >= 15 is 0 Å². The van der Waals surface area contributed by atoms with Crippen LogP contribution >= 0.6 is 15.9 Å². The van der Waals surface area contributed by atoms with Gasteiger partial charge in [0.2, 0.25) is 0 Å². The van der Waals surface area contributed by atoms with E-state index in [4.69, 9.17) is 5.84 Å². The van der Waals surface area contributed by atoms with Gasteiger partial charge in [0.15, 0.2) is 0 Å². The highest BCUT2D eigenvalue weighted by Crippen LogP contribution is 2.26. The van der Waals surface area contributed by atoms with Gasteiger partial charge in [0.25, 0.3) is 0 Å². The van der Waals surface area contributed by atoms with Crippen LogP contribution < -0.4 is 11.3 Å². The van der Waals surface area contributed by atoms with Gasteiger partial charge < -0.3 is 0 Å². The minimum atomic E-state index is 0.130. The Bertz CT molecular complexity index is 511. The second-order valence-corrected chi connectivity index (χ2v) is 5.22. The molecule has 0 saturated heterocycles. The summed E-state index contributed by atoms with van der Waals surface area (Å²) < 4.78 is 1.12. The molecule has 0 bridgehead atoms. The fraction of sp³-hybridized carbons (Fsp3) is 0.200. The molecule has 1 unspecified atom stereocenters. The average Bonchev–Trinajstić information content (AvgIpc) is 2.41. The zero-order valence-electron chi connectivity index (χ0n) is 10.4. The van der Waals surface area contributed by atoms with Crippen LogP contribution in [0.15, 0.2) is 53.0 Å². The molecule has 0 aromatic heterocycles. The monoisotopic (exact) mass is 304 g/mol. The molecule has 3 N–H and O–H groups in total. The highest BCUT2D eigenvalue weighted by molar-refractivity contribution is 9.10. The summed E-state index contributed by atoms with van der Waals surface area (Å²) in [6, 6.07) is 16.7. The van der Waals surface area contributed by atoms with Crippen LogP contribution in [0.25, 0.3) is 0 Å². The van der Waals surface area contributed by atoms with Gasteiger partial charge >= 0.3 is 0 Å². The van der Waals surface area contributed by atoms with Crippen LogP contribution in [0.4, 0.5) is 0 Å². The standard InChI is InChI=1S/C15H17BrN2/c1-11-13(8-5-9-14(11)16)15(18-17)10-12-6-3-2-4-7-12/h2-9,15,18H,10,17H2,1H3. The predicted octanol–water partition coefficient (Wildman–Crippen LogP) is 3.50. The first-order chi connectivity index (χ1) is 8.72. The maximum absolute atomic E-state index is 5.71. The minimum absolute atomic E-state index is 0.130. The number of hydrogen-bond acceptors (Lipinski definition) is 2. The van der Waals surface area contributed by atoms with E-state index in [9.17, 15) is 0 Å². The third-order valence-electron chi connectivity index (χ3n) is 3.17. The van der Waals surface area contributed by atoms with Crippen LogP contribution in [0, 0.1) is 6.92 Å². The largest absolute Gasteiger partial charge is 0.271 e. The van der Waals surface area contributed by atoms with Crippen molar-refractivity contribution in [1.82, 2.24) is 5.43 Å². The number of nitrogens with two attached hydrogens (primary N) is 1. The summed E-state index contributed by atoms with van der Waals surface area (Å²) >= 11 is 3.56. The smallest absolute Gasteiger partial charge is 0.0503 e. The zero-order valence-corrected chi connectivity index (χ0v) is 11.9. The third kappa shape index (κ3) is 2.99. The zero-order chi connectivity index (χ0) is 13.0. The summed E-state index contributed by atoms with van der Waals surface area (Å²) in [5, 5.41) is 0. The second-order valence-electron chi connectivity index (χ2n) is 4.36. The van der Waals surface area contributed by atoms with E-state index in [0.29, 0.717) is 0 Å². The van der Waals surface area contributed by atoms with Crippen molar-refractivity contribution in [3.63, 3.8) is 0 Å². The Kier molecular flexibility index (Phi) is 4.53. The van der Waals surface area contributed by atoms with Crippen molar-refractivity contribution >= 4 is 15.9 Å². The van der Waals surface area contributed by atoms with E-state index in [1.807, 2.05) is 12.1 Å². The molecule has 2 rings (SSSR count). The van der Waals surface area contributed by atoms with Gasteiger partial charge in [0.05, 0.1) is 6.04 Å². The summed E-state index contributed by atoms with van der Waals surface area (Å²) in [4.78, 5) is 0. The highest BCUT2D eigenvalue weighted by atomic mass is 79.9. The topological polar surface area (TPSA) is 38.0 Å². The fourth-order valence-electron chi connectivity index (χ4n) is 2.11. The molecule has 0 amide bonds. The Morgan fingerprint density at radius 2 is 1.83 bits per heavy atom. The van der Waals surface area contributed by atoms with E-state index < -0.39 is 0 Å². The molecule has 94 valence electrons. The molecular formula is C15H17BrN2. The summed E-state index contributed by atoms with van der Waals surface area (Å²) in [7, 11) is 0. The van der Waals surface area contributed by atoms with Crippen molar-refractivity contribution in [3.8, 4) is 0 Å². The number of rotatable bonds is 4. The Morgan fingerprint density at radius 1 is 1.11 bits per heavy atom. The lowest BCUT2D eigenvalue weighted by atomic mass is 9.96. The molecule has 2 aromatic carbocycles. The maximum Gasteiger partial charge on any atom is 0.0503 e. The van der Waals surface area contributed by atoms with Crippen molar-refractivity contribution in [2.45, 2.75) is 19.4 Å². The molecule has 1 atom stereocenters. The van der Waals surface area contributed by atoms with E-state index in [-0.39, 0.29) is 6.04 Å². The predicted molar refractivity (Wildman–Crippen MR) is 79.1 cm³/mol. The van der Waals surface area contributed by atoms with Gasteiger partial charge in [-0.05, 0) is 36.1 Å². The summed E-state index contributed by atoms with van der Waals surface area (Å²) in [6.07, 6.45) is 0.884. The third-order valence-corrected chi connectivity index (χ3v) is 4.03. The number of hydrogen-bond donors (Lipinski definition) is 2. The van der Waals surface area contributed by atoms with Gasteiger partial charge in [-0.3, -0.25) is 11.3 Å². The lowest BCUT2D eigenvalue weighted by molar-refractivity contribution is 0.549. The molecule has 0 radical (unpaired) electrons. The summed E-state index contributed by atoms with van der Waals surface area (Å²) in [6.45, 7) is 2.11. The lowest BCUT2D eigenvalue weighted by Gasteiger charge is -2.19. The first-order valence-electron chi connectivity index (χ1n) is 5.97. The number of benzene rings is 2. The average molecular weight is 305 g/mol. The lowest BCUT2D eigenvalue weighted by Crippen LogP contribution is -2.30. The summed E-state index contributed by atoms with van der Waals surface area (Å²) in [5.74, 6) is 5.71. The number of halogens is 1. The van der Waals surface area contributed by atoms with Crippen LogP contribution in [0.5, 0.6) is 0 Å². The quantitative estimate of drug-likeness (QED) is 0.670. The molecule has 3 heteroatoms. The molecular weight excluding hydrogens is 288 g/mol. The molecule has 0 saturated carbocycles. The minimum Gasteiger partial charge on any atom is -0.271 e. The Hall–Kier alpha value is -1.16. The van der Waals surface area contributed by atoms with Crippen LogP contribution in [0.2, 0.25) is 0 Å². The molecule has 2 nitrogen and oxygen atoms in total. The van der Waals surface area contributed by atoms with Gasteiger partial charge in [0.1, 0.15) is 0 Å². The van der Waals surface area contributed by atoms with Crippen molar-refractivity contribution < 1.29 is 0 Å². The molecule has 0 aliphatic rings. The van der Waals surface area contributed by atoms with Crippen LogP contribution in [0.1, 0.15) is 22.7 Å². The van der Waals surface area contributed by atoms with Gasteiger partial charge in [-0.2, -0.15) is 0 Å². The second kappa shape index (κ2) is 6.14. The van der Waals surface area contributed by atoms with E-state index in [1.165, 1.54) is 16.7 Å². The van der Waals surface area contributed by atoms with Gasteiger partial charge in [0, 0.05) is 4.47 Å². The summed E-state index contributed by atoms with van der Waals surface area (Å²) in [5.41, 5.74) is 6.66. The normalized spacial score (nSPS) is 12.4. The van der Waals surface area contributed by atoms with Crippen molar-refractivity contribution in [3.05, 3.63) is 69.7 Å². The van der Waals surface area contributed by atoms with Gasteiger partial charge in [-0.25, -0.2) is 0 Å². The SMILES string of the molecule is Cc1c(Br)cccc1C(Cc1ccccc1)NN. The van der Waals surface area contributed by atoms with E-state index in [2.05, 4.69) is 64.7 Å². The molecule has 0 fully saturated rings. The van der Waals surface area contributed by atoms with Gasteiger partial charge in [-0.15, -0.1) is 0 Å². The molecule has 2 aromatic rings. The molecule has 0 aliphatic carbocycles. The van der Waals surface area contributed by atoms with Crippen molar-refractivity contribution in [2.75, 3.05) is 0 Å². The van der Waals surface area contributed by atoms with Gasteiger partial charge in [-0.1, -0.05) is 58.4 Å². The molecule has 0 spiro atoms. The molecule has 0 heterocycles. The van der Waals surface area contributed by atoms with E-state index in [0.717, 1.165) is 10.9 Å². The Morgan fingerprint density at radius 3 is 2.50 bits per heavy atom. The Labute approximate surface area is 116 Å².